The largest absolute Gasteiger partial charge is 0.461 e. The van der Waals surface area contributed by atoms with Crippen LogP contribution in [0.3, 0.4) is 0 Å². The molecule has 21 heavy (non-hydrogen) atoms. The fourth-order valence-electron chi connectivity index (χ4n) is 2.47. The number of fused-ring (bicyclic) bond motifs is 1. The van der Waals surface area contributed by atoms with Crippen LogP contribution in [0.5, 0.6) is 0 Å². The van der Waals surface area contributed by atoms with Gasteiger partial charge in [-0.05, 0) is 42.0 Å². The van der Waals surface area contributed by atoms with Crippen LogP contribution < -0.4 is 5.73 Å². The monoisotopic (exact) mass is 393 g/mol. The number of para-hydroxylation sites is 1. The third-order valence-electron chi connectivity index (χ3n) is 3.43. The molecule has 0 saturated heterocycles. The second-order valence-corrected chi connectivity index (χ2v) is 6.05. The highest BCUT2D eigenvalue weighted by molar-refractivity contribution is 14.1. The normalized spacial score (nSPS) is 11.2. The van der Waals surface area contributed by atoms with E-state index in [0.29, 0.717) is 11.6 Å². The number of nitrogens with zero attached hydrogens (tertiary/aromatic N) is 2. The van der Waals surface area contributed by atoms with Crippen molar-refractivity contribution in [2.24, 2.45) is 0 Å². The molecule has 2 heterocycles. The molecule has 0 fully saturated rings. The molecule has 0 aliphatic heterocycles. The number of aromatic nitrogens is 2. The zero-order valence-corrected chi connectivity index (χ0v) is 14.1. The number of halogens is 1. The highest BCUT2D eigenvalue weighted by Crippen LogP contribution is 2.33. The molecule has 0 bridgehead atoms. The van der Waals surface area contributed by atoms with E-state index >= 15 is 0 Å². The SMILES string of the molecule is CCCc1nc(-c2c(C)oc3ccccc23)nc(N)c1I. The molecule has 2 aromatic heterocycles. The number of hydrogen-bond acceptors (Lipinski definition) is 4. The van der Waals surface area contributed by atoms with E-state index in [2.05, 4.69) is 34.5 Å². The van der Waals surface area contributed by atoms with Crippen LogP contribution in [0.15, 0.2) is 28.7 Å². The smallest absolute Gasteiger partial charge is 0.165 e. The maximum Gasteiger partial charge on any atom is 0.165 e. The Hall–Kier alpha value is -1.63. The Morgan fingerprint density at radius 2 is 2.00 bits per heavy atom. The molecule has 5 heteroatoms. The summed E-state index contributed by atoms with van der Waals surface area (Å²) < 4.78 is 6.75. The van der Waals surface area contributed by atoms with Crippen molar-refractivity contribution >= 4 is 39.4 Å². The number of furan rings is 1. The van der Waals surface area contributed by atoms with Crippen molar-refractivity contribution in [2.75, 3.05) is 5.73 Å². The standard InChI is InChI=1S/C16H16IN3O/c1-3-6-11-14(17)15(18)20-16(19-11)13-9(2)21-12-8-5-4-7-10(12)13/h4-5,7-8H,3,6H2,1-2H3,(H2,18,19,20). The molecule has 3 rings (SSSR count). The summed E-state index contributed by atoms with van der Waals surface area (Å²) in [5.74, 6) is 2.01. The van der Waals surface area contributed by atoms with Crippen molar-refractivity contribution in [1.82, 2.24) is 9.97 Å². The van der Waals surface area contributed by atoms with Crippen molar-refractivity contribution in [2.45, 2.75) is 26.7 Å². The predicted molar refractivity (Wildman–Crippen MR) is 93.1 cm³/mol. The Labute approximate surface area is 136 Å². The molecule has 2 N–H and O–H groups in total. The molecule has 0 atom stereocenters. The Morgan fingerprint density at radius 1 is 1.24 bits per heavy atom. The Balaban J connectivity index is 2.25. The van der Waals surface area contributed by atoms with Crippen LogP contribution in [0, 0.1) is 10.5 Å². The van der Waals surface area contributed by atoms with E-state index in [1.54, 1.807) is 0 Å². The van der Waals surface area contributed by atoms with E-state index in [0.717, 1.165) is 44.4 Å². The summed E-state index contributed by atoms with van der Waals surface area (Å²) in [7, 11) is 0. The fraction of sp³-hybridized carbons (Fsp3) is 0.250. The quantitative estimate of drug-likeness (QED) is 0.673. The lowest BCUT2D eigenvalue weighted by Crippen LogP contribution is -2.05. The number of hydrogen-bond donors (Lipinski definition) is 1. The molecule has 1 aromatic carbocycles. The molecule has 4 nitrogen and oxygen atoms in total. The van der Waals surface area contributed by atoms with Gasteiger partial charge in [-0.25, -0.2) is 9.97 Å². The molecule has 0 aliphatic carbocycles. The van der Waals surface area contributed by atoms with Crippen LogP contribution >= 0.6 is 22.6 Å². The highest BCUT2D eigenvalue weighted by atomic mass is 127. The van der Waals surface area contributed by atoms with Gasteiger partial charge in [0.25, 0.3) is 0 Å². The van der Waals surface area contributed by atoms with Crippen LogP contribution in [0.4, 0.5) is 5.82 Å². The van der Waals surface area contributed by atoms with Gasteiger partial charge in [-0.1, -0.05) is 31.5 Å². The van der Waals surface area contributed by atoms with Gasteiger partial charge < -0.3 is 10.2 Å². The Bertz CT molecular complexity index is 811. The van der Waals surface area contributed by atoms with Gasteiger partial charge in [0.2, 0.25) is 0 Å². The van der Waals surface area contributed by atoms with E-state index < -0.39 is 0 Å². The van der Waals surface area contributed by atoms with Crippen molar-refractivity contribution in [3.63, 3.8) is 0 Å². The Morgan fingerprint density at radius 3 is 2.76 bits per heavy atom. The molecule has 3 aromatic rings. The van der Waals surface area contributed by atoms with Gasteiger partial charge in [0.1, 0.15) is 17.2 Å². The number of rotatable bonds is 3. The lowest BCUT2D eigenvalue weighted by atomic mass is 10.1. The predicted octanol–water partition coefficient (Wildman–Crippen LogP) is 4.34. The minimum absolute atomic E-state index is 0.536. The van der Waals surface area contributed by atoms with Crippen LogP contribution in [-0.4, -0.2) is 9.97 Å². The van der Waals surface area contributed by atoms with Gasteiger partial charge in [0.05, 0.1) is 14.8 Å². The minimum Gasteiger partial charge on any atom is -0.461 e. The summed E-state index contributed by atoms with van der Waals surface area (Å²) in [5, 5.41) is 1.03. The van der Waals surface area contributed by atoms with Crippen LogP contribution in [0.2, 0.25) is 0 Å². The van der Waals surface area contributed by atoms with Crippen molar-refractivity contribution in [1.29, 1.82) is 0 Å². The van der Waals surface area contributed by atoms with Gasteiger partial charge in [-0.3, -0.25) is 0 Å². The first-order valence-corrected chi connectivity index (χ1v) is 8.00. The molecule has 108 valence electrons. The molecule has 0 spiro atoms. The zero-order chi connectivity index (χ0) is 15.0. The molecule has 0 aliphatic rings. The van der Waals surface area contributed by atoms with E-state index in [4.69, 9.17) is 15.1 Å². The fourth-order valence-corrected chi connectivity index (χ4v) is 2.98. The minimum atomic E-state index is 0.536. The van der Waals surface area contributed by atoms with Crippen molar-refractivity contribution in [3.05, 3.63) is 39.3 Å². The summed E-state index contributed by atoms with van der Waals surface area (Å²) >= 11 is 2.22. The van der Waals surface area contributed by atoms with E-state index in [1.807, 2.05) is 31.2 Å². The molecule has 0 amide bonds. The van der Waals surface area contributed by atoms with Gasteiger partial charge >= 0.3 is 0 Å². The van der Waals surface area contributed by atoms with Crippen molar-refractivity contribution < 1.29 is 4.42 Å². The average Bonchev–Trinajstić information content (AvgIpc) is 2.79. The lowest BCUT2D eigenvalue weighted by Gasteiger charge is -2.08. The van der Waals surface area contributed by atoms with Gasteiger partial charge in [0, 0.05) is 5.39 Å². The second-order valence-electron chi connectivity index (χ2n) is 4.97. The second kappa shape index (κ2) is 5.63. The van der Waals surface area contributed by atoms with Crippen LogP contribution in [0.1, 0.15) is 24.8 Å². The highest BCUT2D eigenvalue weighted by Gasteiger charge is 2.18. The number of aryl methyl sites for hydroxylation is 2. The van der Waals surface area contributed by atoms with E-state index in [-0.39, 0.29) is 0 Å². The Kier molecular flexibility index (Phi) is 3.84. The number of anilines is 1. The van der Waals surface area contributed by atoms with E-state index in [1.165, 1.54) is 0 Å². The summed E-state index contributed by atoms with van der Waals surface area (Å²) in [6.07, 6.45) is 1.92. The number of benzene rings is 1. The third-order valence-corrected chi connectivity index (χ3v) is 4.60. The average molecular weight is 393 g/mol. The molecular formula is C16H16IN3O. The first kappa shape index (κ1) is 14.3. The lowest BCUT2D eigenvalue weighted by molar-refractivity contribution is 0.579. The van der Waals surface area contributed by atoms with Gasteiger partial charge in [0.15, 0.2) is 5.82 Å². The van der Waals surface area contributed by atoms with Crippen LogP contribution in [-0.2, 0) is 6.42 Å². The summed E-state index contributed by atoms with van der Waals surface area (Å²) in [6.45, 7) is 4.07. The topological polar surface area (TPSA) is 64.9 Å². The molecule has 0 saturated carbocycles. The maximum absolute atomic E-state index is 6.06. The summed E-state index contributed by atoms with van der Waals surface area (Å²) in [6, 6.07) is 7.93. The zero-order valence-electron chi connectivity index (χ0n) is 12.0. The summed E-state index contributed by atoms with van der Waals surface area (Å²) in [4.78, 5) is 9.19. The molecular weight excluding hydrogens is 377 g/mol. The number of nitrogen functional groups attached to an aromatic ring is 1. The third kappa shape index (κ3) is 2.50. The first-order valence-electron chi connectivity index (χ1n) is 6.92. The van der Waals surface area contributed by atoms with E-state index in [9.17, 15) is 0 Å². The first-order chi connectivity index (χ1) is 10.1. The maximum atomic E-state index is 6.06. The van der Waals surface area contributed by atoms with Gasteiger partial charge in [-0.15, -0.1) is 0 Å². The van der Waals surface area contributed by atoms with Crippen LogP contribution in [0.25, 0.3) is 22.4 Å². The van der Waals surface area contributed by atoms with Crippen molar-refractivity contribution in [3.8, 4) is 11.4 Å². The number of nitrogens with two attached hydrogens (primary N) is 1. The van der Waals surface area contributed by atoms with Gasteiger partial charge in [-0.2, -0.15) is 0 Å². The molecule has 0 radical (unpaired) electrons. The summed E-state index contributed by atoms with van der Waals surface area (Å²) in [5.41, 5.74) is 8.85. The molecule has 0 unspecified atom stereocenters.